The summed E-state index contributed by atoms with van der Waals surface area (Å²) < 4.78 is 7.47. The van der Waals surface area contributed by atoms with E-state index in [1.807, 2.05) is 11.7 Å². The average Bonchev–Trinajstić information content (AvgIpc) is 3.13. The first-order valence-corrected chi connectivity index (χ1v) is 10.6. The Morgan fingerprint density at radius 1 is 1.29 bits per heavy atom. The lowest BCUT2D eigenvalue weighted by molar-refractivity contribution is 0.0306. The number of thiazole rings is 1. The molecule has 2 aromatic rings. The Morgan fingerprint density at radius 2 is 2.12 bits per heavy atom. The molecule has 1 saturated carbocycles. The van der Waals surface area contributed by atoms with Crippen molar-refractivity contribution in [1.29, 1.82) is 0 Å². The van der Waals surface area contributed by atoms with Gasteiger partial charge >= 0.3 is 0 Å². The van der Waals surface area contributed by atoms with Crippen molar-refractivity contribution in [2.24, 2.45) is 5.92 Å². The lowest BCUT2D eigenvalue weighted by atomic mass is 9.85. The quantitative estimate of drug-likeness (QED) is 0.501. The predicted octanol–water partition coefficient (Wildman–Crippen LogP) is 6.83. The van der Waals surface area contributed by atoms with Crippen molar-refractivity contribution in [3.05, 3.63) is 50.4 Å². The first-order valence-electron chi connectivity index (χ1n) is 8.97. The van der Waals surface area contributed by atoms with Crippen molar-refractivity contribution in [2.75, 3.05) is 0 Å². The third kappa shape index (κ3) is 5.14. The number of rotatable bonds is 7. The van der Waals surface area contributed by atoms with Crippen molar-refractivity contribution in [3.8, 4) is 0 Å². The van der Waals surface area contributed by atoms with Gasteiger partial charge in [0.25, 0.3) is 0 Å². The molecule has 0 aliphatic heterocycles. The van der Waals surface area contributed by atoms with E-state index in [0.717, 1.165) is 16.8 Å². The van der Waals surface area contributed by atoms with Crippen LogP contribution in [0.5, 0.6) is 0 Å². The fourth-order valence-electron chi connectivity index (χ4n) is 3.55. The number of ether oxygens (including phenoxy) is 1. The molecule has 24 heavy (non-hydrogen) atoms. The molecule has 0 bridgehead atoms. The summed E-state index contributed by atoms with van der Waals surface area (Å²) in [5.74, 6) is 0.896. The van der Waals surface area contributed by atoms with Crippen LogP contribution >= 0.6 is 27.3 Å². The first kappa shape index (κ1) is 18.1. The smallest absolute Gasteiger partial charge is 0.0937 e. The second-order valence-electron chi connectivity index (χ2n) is 6.87. The Balaban J connectivity index is 1.58. The number of halogens is 1. The van der Waals surface area contributed by atoms with Gasteiger partial charge in [-0.05, 0) is 42.9 Å². The fourth-order valence-corrected chi connectivity index (χ4v) is 4.50. The Bertz CT molecular complexity index is 623. The van der Waals surface area contributed by atoms with E-state index in [1.165, 1.54) is 54.5 Å². The van der Waals surface area contributed by atoms with Crippen molar-refractivity contribution in [3.63, 3.8) is 0 Å². The minimum Gasteiger partial charge on any atom is -0.368 e. The lowest BCUT2D eigenvalue weighted by Gasteiger charge is -2.24. The zero-order valence-electron chi connectivity index (χ0n) is 14.3. The Hall–Kier alpha value is -0.710. The Morgan fingerprint density at radius 3 is 2.83 bits per heavy atom. The molecule has 0 N–H and O–H groups in total. The van der Waals surface area contributed by atoms with Gasteiger partial charge in [0, 0.05) is 10.7 Å². The highest BCUT2D eigenvalue weighted by molar-refractivity contribution is 9.10. The SMILES string of the molecule is Cc1cc(COC(CCC2CCCCC2)c2cncs2)ccc1Br. The molecule has 130 valence electrons. The number of nitrogens with zero attached hydrogens (tertiary/aromatic N) is 1. The number of aryl methyl sites for hydroxylation is 1. The number of hydrogen-bond donors (Lipinski definition) is 0. The summed E-state index contributed by atoms with van der Waals surface area (Å²) in [6.07, 6.45) is 11.6. The van der Waals surface area contributed by atoms with Crippen LogP contribution in [0.15, 0.2) is 34.4 Å². The van der Waals surface area contributed by atoms with Crippen LogP contribution in [0.1, 0.15) is 67.1 Å². The van der Waals surface area contributed by atoms with Gasteiger partial charge < -0.3 is 4.74 Å². The fraction of sp³-hybridized carbons (Fsp3) is 0.550. The van der Waals surface area contributed by atoms with Gasteiger partial charge in [0.15, 0.2) is 0 Å². The van der Waals surface area contributed by atoms with Gasteiger partial charge in [0.05, 0.1) is 23.1 Å². The van der Waals surface area contributed by atoms with Crippen LogP contribution in [0.2, 0.25) is 0 Å². The van der Waals surface area contributed by atoms with Crippen LogP contribution in [-0.4, -0.2) is 4.98 Å². The maximum Gasteiger partial charge on any atom is 0.0937 e. The van der Waals surface area contributed by atoms with Crippen LogP contribution in [0.4, 0.5) is 0 Å². The molecule has 1 aromatic heterocycles. The third-order valence-electron chi connectivity index (χ3n) is 5.00. The Labute approximate surface area is 157 Å². The van der Waals surface area contributed by atoms with E-state index in [2.05, 4.69) is 46.0 Å². The maximum absolute atomic E-state index is 6.31. The highest BCUT2D eigenvalue weighted by atomic mass is 79.9. The summed E-state index contributed by atoms with van der Waals surface area (Å²) in [7, 11) is 0. The highest BCUT2D eigenvalue weighted by Gasteiger charge is 2.19. The number of benzene rings is 1. The minimum atomic E-state index is 0.184. The summed E-state index contributed by atoms with van der Waals surface area (Å²) in [6, 6.07) is 6.45. The average molecular weight is 408 g/mol. The molecule has 1 unspecified atom stereocenters. The summed E-state index contributed by atoms with van der Waals surface area (Å²) >= 11 is 5.28. The van der Waals surface area contributed by atoms with Gasteiger partial charge in [-0.25, -0.2) is 0 Å². The summed E-state index contributed by atoms with van der Waals surface area (Å²) in [4.78, 5) is 5.51. The first-order chi connectivity index (χ1) is 11.7. The molecule has 1 heterocycles. The van der Waals surface area contributed by atoms with E-state index in [0.29, 0.717) is 6.61 Å². The van der Waals surface area contributed by atoms with E-state index < -0.39 is 0 Å². The molecule has 1 aliphatic carbocycles. The third-order valence-corrected chi connectivity index (χ3v) is 6.76. The maximum atomic E-state index is 6.31. The van der Waals surface area contributed by atoms with Crippen LogP contribution in [0.3, 0.4) is 0 Å². The van der Waals surface area contributed by atoms with Crippen molar-refractivity contribution >= 4 is 27.3 Å². The second-order valence-corrected chi connectivity index (χ2v) is 8.64. The molecule has 0 saturated heterocycles. The molecule has 1 atom stereocenters. The summed E-state index contributed by atoms with van der Waals surface area (Å²) in [5.41, 5.74) is 4.41. The predicted molar refractivity (Wildman–Crippen MR) is 104 cm³/mol. The molecule has 0 radical (unpaired) electrons. The van der Waals surface area contributed by atoms with Crippen molar-refractivity contribution < 1.29 is 4.74 Å². The van der Waals surface area contributed by atoms with E-state index >= 15 is 0 Å². The van der Waals surface area contributed by atoms with Crippen LogP contribution in [0.25, 0.3) is 0 Å². The number of aromatic nitrogens is 1. The van der Waals surface area contributed by atoms with Gasteiger partial charge in [0.2, 0.25) is 0 Å². The van der Waals surface area contributed by atoms with Gasteiger partial charge in [-0.2, -0.15) is 0 Å². The van der Waals surface area contributed by atoms with E-state index in [9.17, 15) is 0 Å². The molecule has 1 fully saturated rings. The van der Waals surface area contributed by atoms with Crippen LogP contribution < -0.4 is 0 Å². The van der Waals surface area contributed by atoms with Crippen LogP contribution in [-0.2, 0) is 11.3 Å². The zero-order valence-corrected chi connectivity index (χ0v) is 16.7. The van der Waals surface area contributed by atoms with E-state index in [1.54, 1.807) is 11.3 Å². The van der Waals surface area contributed by atoms with Gasteiger partial charge in [-0.3, -0.25) is 4.98 Å². The monoisotopic (exact) mass is 407 g/mol. The topological polar surface area (TPSA) is 22.1 Å². The highest BCUT2D eigenvalue weighted by Crippen LogP contribution is 2.33. The zero-order chi connectivity index (χ0) is 16.8. The van der Waals surface area contributed by atoms with Crippen molar-refractivity contribution in [1.82, 2.24) is 4.98 Å². The molecule has 4 heteroatoms. The van der Waals surface area contributed by atoms with Crippen molar-refractivity contribution in [2.45, 2.75) is 64.6 Å². The normalized spacial score (nSPS) is 17.1. The molecule has 2 nitrogen and oxygen atoms in total. The van der Waals surface area contributed by atoms with E-state index in [-0.39, 0.29) is 6.10 Å². The van der Waals surface area contributed by atoms with Gasteiger partial charge in [-0.15, -0.1) is 11.3 Å². The largest absolute Gasteiger partial charge is 0.368 e. The molecule has 3 rings (SSSR count). The van der Waals surface area contributed by atoms with E-state index in [4.69, 9.17) is 4.74 Å². The number of hydrogen-bond acceptors (Lipinski definition) is 3. The molecule has 1 aromatic carbocycles. The van der Waals surface area contributed by atoms with Gasteiger partial charge in [-0.1, -0.05) is 60.2 Å². The molecular weight excluding hydrogens is 382 g/mol. The standard InChI is InChI=1S/C20H26BrNOS/c1-15-11-17(7-9-18(15)21)13-23-19(20-12-22-14-24-20)10-8-16-5-3-2-4-6-16/h7,9,11-12,14,16,19H,2-6,8,10,13H2,1H3. The minimum absolute atomic E-state index is 0.184. The summed E-state index contributed by atoms with van der Waals surface area (Å²) in [5, 5.41) is 0. The lowest BCUT2D eigenvalue weighted by Crippen LogP contribution is -2.10. The molecule has 0 spiro atoms. The van der Waals surface area contributed by atoms with Crippen LogP contribution in [0, 0.1) is 12.8 Å². The summed E-state index contributed by atoms with van der Waals surface area (Å²) in [6.45, 7) is 2.79. The molecule has 0 amide bonds. The molecule has 1 aliphatic rings. The second kappa shape index (κ2) is 9.12. The van der Waals surface area contributed by atoms with Gasteiger partial charge in [0.1, 0.15) is 0 Å². The Kier molecular flexibility index (Phi) is 6.87. The molecular formula is C20H26BrNOS.